The molecular weight excluding hydrogens is 296 g/mol. The number of nitrogens with one attached hydrogen (secondary N) is 1. The minimum Gasteiger partial charge on any atom is -0.492 e. The lowest BCUT2D eigenvalue weighted by molar-refractivity contribution is 0.102. The van der Waals surface area contributed by atoms with E-state index in [4.69, 9.17) is 13.7 Å². The van der Waals surface area contributed by atoms with Crippen LogP contribution in [0.1, 0.15) is 23.0 Å². The molecule has 118 valence electrons. The maximum atomic E-state index is 12.7. The second-order valence-electron chi connectivity index (χ2n) is 4.82. The molecule has 1 amide bonds. The van der Waals surface area contributed by atoms with Gasteiger partial charge in [0.05, 0.1) is 18.6 Å². The van der Waals surface area contributed by atoms with Gasteiger partial charge in [0.15, 0.2) is 11.5 Å². The smallest absolute Gasteiger partial charge is 0.261 e. The highest BCUT2D eigenvalue weighted by Crippen LogP contribution is 2.29. The molecule has 23 heavy (non-hydrogen) atoms. The van der Waals surface area contributed by atoms with Crippen molar-refractivity contribution in [2.45, 2.75) is 13.8 Å². The Bertz CT molecular complexity index is 806. The fourth-order valence-electron chi connectivity index (χ4n) is 2.26. The van der Waals surface area contributed by atoms with Crippen molar-refractivity contribution in [3.05, 3.63) is 54.0 Å². The van der Waals surface area contributed by atoms with Crippen LogP contribution in [-0.2, 0) is 0 Å². The Hall–Kier alpha value is -3.02. The summed E-state index contributed by atoms with van der Waals surface area (Å²) in [5.41, 5.74) is 1.30. The highest BCUT2D eigenvalue weighted by atomic mass is 16.5. The van der Waals surface area contributed by atoms with Crippen LogP contribution in [-0.4, -0.2) is 17.7 Å². The maximum absolute atomic E-state index is 12.7. The molecule has 3 rings (SSSR count). The average Bonchev–Trinajstić information content (AvgIpc) is 3.18. The van der Waals surface area contributed by atoms with Crippen LogP contribution in [0.2, 0.25) is 0 Å². The van der Waals surface area contributed by atoms with Gasteiger partial charge in [0.1, 0.15) is 17.1 Å². The van der Waals surface area contributed by atoms with Gasteiger partial charge >= 0.3 is 0 Å². The number of hydrogen-bond donors (Lipinski definition) is 1. The third-order valence-corrected chi connectivity index (χ3v) is 3.28. The van der Waals surface area contributed by atoms with Crippen molar-refractivity contribution in [1.82, 2.24) is 5.16 Å². The first-order valence-corrected chi connectivity index (χ1v) is 7.24. The van der Waals surface area contributed by atoms with Gasteiger partial charge in [-0.25, -0.2) is 0 Å². The molecule has 0 unspecified atom stereocenters. The zero-order valence-electron chi connectivity index (χ0n) is 12.8. The van der Waals surface area contributed by atoms with Crippen LogP contribution >= 0.6 is 0 Å². The lowest BCUT2D eigenvalue weighted by Crippen LogP contribution is -2.14. The number of rotatable bonds is 5. The number of ether oxygens (including phenoxy) is 1. The van der Waals surface area contributed by atoms with Crippen molar-refractivity contribution in [1.29, 1.82) is 0 Å². The number of hydrogen-bond acceptors (Lipinski definition) is 5. The summed E-state index contributed by atoms with van der Waals surface area (Å²) >= 11 is 0. The summed E-state index contributed by atoms with van der Waals surface area (Å²) in [7, 11) is 0. The number of furan rings is 1. The van der Waals surface area contributed by atoms with E-state index in [0.717, 1.165) is 0 Å². The molecule has 0 radical (unpaired) electrons. The summed E-state index contributed by atoms with van der Waals surface area (Å²) in [5, 5.41) is 6.75. The van der Waals surface area contributed by atoms with Crippen molar-refractivity contribution in [3.8, 4) is 17.2 Å². The lowest BCUT2D eigenvalue weighted by atomic mass is 10.1. The van der Waals surface area contributed by atoms with Crippen LogP contribution in [0.15, 0.2) is 51.6 Å². The normalized spacial score (nSPS) is 10.5. The molecule has 0 atom stereocenters. The molecule has 1 N–H and O–H groups in total. The number of aryl methyl sites for hydroxylation is 1. The summed E-state index contributed by atoms with van der Waals surface area (Å²) in [6.45, 7) is 4.08. The van der Waals surface area contributed by atoms with Crippen LogP contribution in [0.4, 0.5) is 5.69 Å². The third kappa shape index (κ3) is 2.96. The van der Waals surface area contributed by atoms with Crippen LogP contribution in [0, 0.1) is 6.92 Å². The third-order valence-electron chi connectivity index (χ3n) is 3.28. The molecule has 6 heteroatoms. The molecule has 0 saturated carbocycles. The second kappa shape index (κ2) is 6.39. The van der Waals surface area contributed by atoms with E-state index < -0.39 is 0 Å². The first-order chi connectivity index (χ1) is 11.2. The standard InChI is InChI=1S/C17H16N2O4/c1-3-21-13-8-5-4-7-12(13)18-17(20)15-11(2)23-19-16(15)14-9-6-10-22-14/h4-10H,3H2,1-2H3,(H,18,20). The van der Waals surface area contributed by atoms with Gasteiger partial charge in [0.25, 0.3) is 5.91 Å². The molecule has 1 aromatic carbocycles. The molecule has 0 fully saturated rings. The fraction of sp³-hybridized carbons (Fsp3) is 0.176. The minimum atomic E-state index is -0.331. The molecule has 0 bridgehead atoms. The molecule has 3 aromatic rings. The SMILES string of the molecule is CCOc1ccccc1NC(=O)c1c(-c2ccco2)noc1C. The molecule has 0 saturated heterocycles. The van der Waals surface area contributed by atoms with Crippen molar-refractivity contribution >= 4 is 11.6 Å². The van der Waals surface area contributed by atoms with E-state index in [1.807, 2.05) is 19.1 Å². The van der Waals surface area contributed by atoms with Gasteiger partial charge in [0, 0.05) is 0 Å². The van der Waals surface area contributed by atoms with Crippen LogP contribution in [0.25, 0.3) is 11.5 Å². The Balaban J connectivity index is 1.92. The quantitative estimate of drug-likeness (QED) is 0.773. The van der Waals surface area contributed by atoms with Gasteiger partial charge < -0.3 is 19.0 Å². The van der Waals surface area contributed by atoms with E-state index in [1.54, 1.807) is 31.2 Å². The van der Waals surface area contributed by atoms with Crippen LogP contribution < -0.4 is 10.1 Å². The number of benzene rings is 1. The minimum absolute atomic E-state index is 0.331. The zero-order valence-corrected chi connectivity index (χ0v) is 12.8. The van der Waals surface area contributed by atoms with E-state index in [1.165, 1.54) is 6.26 Å². The molecule has 0 aliphatic rings. The van der Waals surface area contributed by atoms with Gasteiger partial charge in [-0.05, 0) is 38.1 Å². The lowest BCUT2D eigenvalue weighted by Gasteiger charge is -2.11. The highest BCUT2D eigenvalue weighted by molar-refractivity contribution is 6.09. The zero-order chi connectivity index (χ0) is 16.2. The van der Waals surface area contributed by atoms with E-state index >= 15 is 0 Å². The molecule has 6 nitrogen and oxygen atoms in total. The summed E-state index contributed by atoms with van der Waals surface area (Å²) in [6, 6.07) is 10.7. The van der Waals surface area contributed by atoms with Gasteiger partial charge in [-0.3, -0.25) is 4.79 Å². The predicted molar refractivity (Wildman–Crippen MR) is 84.5 cm³/mol. The molecule has 2 heterocycles. The first kappa shape index (κ1) is 14.9. The molecular formula is C17H16N2O4. The molecule has 0 aliphatic carbocycles. The Morgan fingerprint density at radius 3 is 2.83 bits per heavy atom. The number of nitrogens with zero attached hydrogens (tertiary/aromatic N) is 1. The van der Waals surface area contributed by atoms with Gasteiger partial charge in [-0.15, -0.1) is 0 Å². The topological polar surface area (TPSA) is 77.5 Å². The summed E-state index contributed by atoms with van der Waals surface area (Å²) < 4.78 is 16.0. The first-order valence-electron chi connectivity index (χ1n) is 7.24. The number of carbonyl (C=O) groups excluding carboxylic acids is 1. The van der Waals surface area contributed by atoms with Gasteiger partial charge in [-0.1, -0.05) is 17.3 Å². The van der Waals surface area contributed by atoms with Crippen molar-refractivity contribution < 1.29 is 18.5 Å². The monoisotopic (exact) mass is 312 g/mol. The number of para-hydroxylation sites is 2. The summed E-state index contributed by atoms with van der Waals surface area (Å²) in [5.74, 6) is 1.17. The van der Waals surface area contributed by atoms with E-state index in [-0.39, 0.29) is 5.91 Å². The molecule has 2 aromatic heterocycles. The average molecular weight is 312 g/mol. The number of carbonyl (C=O) groups is 1. The van der Waals surface area contributed by atoms with Gasteiger partial charge in [-0.2, -0.15) is 0 Å². The summed E-state index contributed by atoms with van der Waals surface area (Å²) in [4.78, 5) is 12.7. The second-order valence-corrected chi connectivity index (χ2v) is 4.82. The van der Waals surface area contributed by atoms with Crippen molar-refractivity contribution in [2.75, 3.05) is 11.9 Å². The Morgan fingerprint density at radius 1 is 1.26 bits per heavy atom. The Morgan fingerprint density at radius 2 is 2.09 bits per heavy atom. The predicted octanol–water partition coefficient (Wildman–Crippen LogP) is 3.89. The summed E-state index contributed by atoms with van der Waals surface area (Å²) in [6.07, 6.45) is 1.52. The molecule has 0 spiro atoms. The van der Waals surface area contributed by atoms with Crippen LogP contribution in [0.3, 0.4) is 0 Å². The van der Waals surface area contributed by atoms with Crippen LogP contribution in [0.5, 0.6) is 5.75 Å². The van der Waals surface area contributed by atoms with Crippen molar-refractivity contribution in [2.24, 2.45) is 0 Å². The van der Waals surface area contributed by atoms with E-state index in [0.29, 0.717) is 40.8 Å². The fourth-order valence-corrected chi connectivity index (χ4v) is 2.26. The Labute approximate surface area is 133 Å². The largest absolute Gasteiger partial charge is 0.492 e. The Kier molecular flexibility index (Phi) is 4.14. The maximum Gasteiger partial charge on any atom is 0.261 e. The molecule has 0 aliphatic heterocycles. The van der Waals surface area contributed by atoms with E-state index in [2.05, 4.69) is 10.5 Å². The van der Waals surface area contributed by atoms with Gasteiger partial charge in [0.2, 0.25) is 0 Å². The van der Waals surface area contributed by atoms with Crippen molar-refractivity contribution in [3.63, 3.8) is 0 Å². The number of amides is 1. The number of aromatic nitrogens is 1. The number of anilines is 1. The highest BCUT2D eigenvalue weighted by Gasteiger charge is 2.24. The van der Waals surface area contributed by atoms with E-state index in [9.17, 15) is 4.79 Å².